The van der Waals surface area contributed by atoms with Crippen molar-refractivity contribution >= 4 is 40.2 Å². The van der Waals surface area contributed by atoms with Crippen molar-refractivity contribution in [3.63, 3.8) is 0 Å². The number of halogens is 1. The molecular weight excluding hydrogens is 701 g/mol. The Balaban J connectivity index is 0.000000220. The molecule has 0 amide bonds. The number of hydrogen-bond donors (Lipinski definition) is 0. The van der Waals surface area contributed by atoms with Crippen LogP contribution in [0.3, 0.4) is 0 Å². The smallest absolute Gasteiger partial charge is 0.374 e. The summed E-state index contributed by atoms with van der Waals surface area (Å²) in [6.45, 7) is 0. The van der Waals surface area contributed by atoms with Crippen molar-refractivity contribution in [3.8, 4) is 5.75 Å². The second kappa shape index (κ2) is 14.8. The number of benzene rings is 3. The molecule has 0 aromatic heterocycles. The molecule has 0 atom stereocenters. The fraction of sp³-hybridized carbons (Fsp3) is 0.467. The van der Waals surface area contributed by atoms with Gasteiger partial charge in [0.15, 0.2) is 0 Å². The number of rotatable bonds is 6. The molecule has 5 rings (SSSR count). The van der Waals surface area contributed by atoms with E-state index >= 15 is 0 Å². The van der Waals surface area contributed by atoms with Gasteiger partial charge in [-0.2, -0.15) is 32.7 Å². The van der Waals surface area contributed by atoms with E-state index in [0.29, 0.717) is 0 Å². The van der Waals surface area contributed by atoms with Gasteiger partial charge in [-0.25, -0.2) is 0 Å². The van der Waals surface area contributed by atoms with Crippen LogP contribution in [0.5, 0.6) is 5.75 Å². The number of para-hydroxylation sites is 1. The molecule has 1 radical (unpaired) electrons. The maximum absolute atomic E-state index is 12.2. The number of fused-ring (bicyclic) bond motifs is 1. The second-order valence-electron chi connectivity index (χ2n) is 10.4. The van der Waals surface area contributed by atoms with Crippen LogP contribution < -0.4 is 14.4 Å². The van der Waals surface area contributed by atoms with Gasteiger partial charge in [0.25, 0.3) is 0 Å². The first-order valence-electron chi connectivity index (χ1n) is 13.5. The van der Waals surface area contributed by atoms with Gasteiger partial charge in [0, 0.05) is 44.4 Å². The van der Waals surface area contributed by atoms with Gasteiger partial charge in [-0.05, 0) is 75.6 Å². The average Bonchev–Trinajstić information content (AvgIpc) is 2.90. The Hall–Kier alpha value is -1.43. The summed E-state index contributed by atoms with van der Waals surface area (Å²) in [7, 11) is -0.949. The fourth-order valence-electron chi connectivity index (χ4n) is 5.98. The van der Waals surface area contributed by atoms with Gasteiger partial charge < -0.3 is 9.08 Å². The van der Waals surface area contributed by atoms with Crippen LogP contribution in [0, 0.1) is 6.07 Å². The normalized spacial score (nSPS) is 16.8. The van der Waals surface area contributed by atoms with Gasteiger partial charge in [0.2, 0.25) is 0 Å². The van der Waals surface area contributed by atoms with Crippen molar-refractivity contribution in [2.24, 2.45) is 0 Å². The molecule has 3 aromatic rings. The van der Waals surface area contributed by atoms with E-state index in [-0.39, 0.29) is 28.1 Å². The topological polar surface area (TPSA) is 46.6 Å². The standard InChI is InChI=1S/C20H32NP.C10H6FO3S.Au/c1-21(2)19-15-9-10-16-20(19)22(17-11-5-3-6-12-17)18-13-7-4-8-14-18;11-15(12,13)14-10-6-5-8-3-1-2-4-9(8)7-10;/h9-10,15-18H,3-8,11-14H2,1-2H3;2-7H;/q;-1;/p+1. The zero-order valence-electron chi connectivity index (χ0n) is 22.3. The molecule has 2 aliphatic rings. The first kappa shape index (κ1) is 31.1. The third-order valence-electron chi connectivity index (χ3n) is 7.64. The fourth-order valence-corrected chi connectivity index (χ4v) is 10.8. The molecule has 0 spiro atoms. The van der Waals surface area contributed by atoms with Crippen LogP contribution in [0.2, 0.25) is 0 Å². The summed E-state index contributed by atoms with van der Waals surface area (Å²) in [5.74, 6) is -0.0452. The largest absolute Gasteiger partial charge is 0.488 e. The van der Waals surface area contributed by atoms with E-state index in [2.05, 4.69) is 53.5 Å². The van der Waals surface area contributed by atoms with Crippen molar-refractivity contribution in [1.29, 1.82) is 0 Å². The van der Waals surface area contributed by atoms with Crippen molar-refractivity contribution < 1.29 is 38.9 Å². The van der Waals surface area contributed by atoms with E-state index < -0.39 is 18.4 Å². The summed E-state index contributed by atoms with van der Waals surface area (Å²) < 4.78 is 36.8. The molecule has 0 aliphatic heterocycles. The molecule has 2 aliphatic carbocycles. The molecule has 38 heavy (non-hydrogen) atoms. The van der Waals surface area contributed by atoms with Gasteiger partial charge in [-0.3, -0.25) is 0 Å². The van der Waals surface area contributed by atoms with Gasteiger partial charge in [-0.1, -0.05) is 28.9 Å². The summed E-state index contributed by atoms with van der Waals surface area (Å²) >= 11 is 0. The molecule has 0 unspecified atom stereocenters. The van der Waals surface area contributed by atoms with E-state index in [0.717, 1.165) is 22.1 Å². The molecule has 0 N–H and O–H groups in total. The Labute approximate surface area is 245 Å². The van der Waals surface area contributed by atoms with E-state index in [4.69, 9.17) is 0 Å². The van der Waals surface area contributed by atoms with E-state index in [1.807, 2.05) is 0 Å². The van der Waals surface area contributed by atoms with Crippen LogP contribution in [0.15, 0.2) is 60.7 Å². The third-order valence-corrected chi connectivity index (χ3v) is 12.0. The molecule has 211 valence electrons. The Kier molecular flexibility index (Phi) is 12.1. The molecule has 4 nitrogen and oxygen atoms in total. The van der Waals surface area contributed by atoms with Crippen LogP contribution in [-0.4, -0.2) is 33.8 Å². The molecule has 3 aromatic carbocycles. The molecule has 0 bridgehead atoms. The first-order valence-corrected chi connectivity index (χ1v) is 16.5. The second-order valence-corrected chi connectivity index (χ2v) is 14.5. The monoisotopic (exact) mass is 740 g/mol. The van der Waals surface area contributed by atoms with Crippen LogP contribution in [0.1, 0.15) is 64.2 Å². The molecular formula is C30H39AuFNO3PS. The van der Waals surface area contributed by atoms with E-state index in [9.17, 15) is 12.3 Å². The zero-order valence-corrected chi connectivity index (χ0v) is 26.2. The minimum atomic E-state index is -4.95. The molecule has 0 heterocycles. The number of anilines is 1. The summed E-state index contributed by atoms with van der Waals surface area (Å²) in [5.41, 5.74) is 3.57. The van der Waals surface area contributed by atoms with Gasteiger partial charge >= 0.3 is 10.5 Å². The maximum atomic E-state index is 12.2. The maximum Gasteiger partial charge on any atom is 0.488 e. The molecule has 8 heteroatoms. The summed E-state index contributed by atoms with van der Waals surface area (Å²) in [5, 5.41) is 3.38. The van der Waals surface area contributed by atoms with Crippen molar-refractivity contribution in [3.05, 3.63) is 66.7 Å². The van der Waals surface area contributed by atoms with E-state index in [1.165, 1.54) is 82.0 Å². The van der Waals surface area contributed by atoms with E-state index in [1.54, 1.807) is 29.6 Å². The zero-order chi connectivity index (χ0) is 26.3. The SMILES string of the molecule is CN(C)c1ccccc1[PH+](C1CCCCC1)C1CCCCC1.O=S(=O)(F)Oc1ccc2c[c-]ccc2c1.[Au]. The molecule has 0 saturated heterocycles. The summed E-state index contributed by atoms with van der Waals surface area (Å²) in [6, 6.07) is 21.8. The number of nitrogens with zero attached hydrogens (tertiary/aromatic N) is 1. The minimum absolute atomic E-state index is 0. The van der Waals surface area contributed by atoms with Crippen molar-refractivity contribution in [2.45, 2.75) is 75.5 Å². The van der Waals surface area contributed by atoms with Crippen LogP contribution in [0.25, 0.3) is 10.8 Å². The molecule has 2 fully saturated rings. The van der Waals surface area contributed by atoms with Crippen molar-refractivity contribution in [1.82, 2.24) is 0 Å². The van der Waals surface area contributed by atoms with Gasteiger partial charge in [0.1, 0.15) is 11.1 Å². The van der Waals surface area contributed by atoms with Gasteiger partial charge in [0.05, 0.1) is 17.0 Å². The van der Waals surface area contributed by atoms with Crippen molar-refractivity contribution in [2.75, 3.05) is 19.0 Å². The summed E-state index contributed by atoms with van der Waals surface area (Å²) in [6.07, 6.45) is 14.9. The van der Waals surface area contributed by atoms with Crippen LogP contribution in [0.4, 0.5) is 9.57 Å². The summed E-state index contributed by atoms with van der Waals surface area (Å²) in [4.78, 5) is 2.35. The molecule has 2 saturated carbocycles. The first-order chi connectivity index (χ1) is 17.8. The Morgan fingerprint density at radius 1 is 0.868 bits per heavy atom. The Morgan fingerprint density at radius 3 is 2.05 bits per heavy atom. The minimum Gasteiger partial charge on any atom is -0.374 e. The quantitative estimate of drug-likeness (QED) is 0.114. The Morgan fingerprint density at radius 2 is 1.47 bits per heavy atom. The van der Waals surface area contributed by atoms with Gasteiger partial charge in [-0.15, -0.1) is 16.8 Å². The average molecular weight is 741 g/mol. The van der Waals surface area contributed by atoms with Crippen LogP contribution >= 0.6 is 7.92 Å². The van der Waals surface area contributed by atoms with Crippen LogP contribution in [-0.2, 0) is 32.9 Å². The third kappa shape index (κ3) is 8.79. The number of hydrogen-bond acceptors (Lipinski definition) is 4. The predicted molar refractivity (Wildman–Crippen MR) is 156 cm³/mol. The predicted octanol–water partition coefficient (Wildman–Crippen LogP) is 7.49. The Bertz CT molecular complexity index is 1240.